The smallest absolute Gasteiger partial charge is 0.141 e. The summed E-state index contributed by atoms with van der Waals surface area (Å²) in [6.07, 6.45) is 2.10. The molecule has 2 aromatic heterocycles. The van der Waals surface area contributed by atoms with Gasteiger partial charge >= 0.3 is 0 Å². The molecule has 0 aliphatic rings. The van der Waals surface area contributed by atoms with E-state index in [1.807, 2.05) is 6.07 Å². The van der Waals surface area contributed by atoms with Gasteiger partial charge in [0.1, 0.15) is 10.3 Å². The van der Waals surface area contributed by atoms with Crippen LogP contribution in [0.15, 0.2) is 29.0 Å². The van der Waals surface area contributed by atoms with E-state index in [1.54, 1.807) is 0 Å². The van der Waals surface area contributed by atoms with Crippen LogP contribution in [0.3, 0.4) is 0 Å². The molecule has 2 rings (SSSR count). The van der Waals surface area contributed by atoms with Crippen LogP contribution in [-0.4, -0.2) is 9.55 Å². The molecule has 0 fully saturated rings. The molecule has 0 radical (unpaired) electrons. The number of nitrogens with zero attached hydrogens (tertiary/aromatic N) is 2. The van der Waals surface area contributed by atoms with Crippen molar-refractivity contribution in [3.63, 3.8) is 0 Å². The van der Waals surface area contributed by atoms with Crippen LogP contribution in [0.4, 0.5) is 0 Å². The molecular weight excluding hydrogens is 240 g/mol. The maximum Gasteiger partial charge on any atom is 0.141 e. The molecule has 0 bridgehead atoms. The Bertz CT molecular complexity index is 445. The molecule has 0 spiro atoms. The second-order valence-electron chi connectivity index (χ2n) is 3.91. The largest absolute Gasteiger partial charge is 0.332 e. The van der Waals surface area contributed by atoms with Gasteiger partial charge in [0.15, 0.2) is 0 Å². The minimum atomic E-state index is 0.645. The first-order valence-corrected chi connectivity index (χ1v) is 5.57. The molecule has 2 heterocycles. The first-order chi connectivity index (χ1) is 6.66. The highest BCUT2D eigenvalue weighted by Crippen LogP contribution is 2.17. The van der Waals surface area contributed by atoms with Crippen LogP contribution >= 0.6 is 15.9 Å². The Morgan fingerprint density at radius 3 is 2.86 bits per heavy atom. The van der Waals surface area contributed by atoms with Gasteiger partial charge in [-0.1, -0.05) is 13.8 Å². The fourth-order valence-corrected chi connectivity index (χ4v) is 1.88. The van der Waals surface area contributed by atoms with Crippen molar-refractivity contribution in [3.05, 3.63) is 29.0 Å². The highest BCUT2D eigenvalue weighted by molar-refractivity contribution is 9.10. The number of hydrogen-bond donors (Lipinski definition) is 0. The molecule has 0 saturated carbocycles. The zero-order valence-electron chi connectivity index (χ0n) is 8.37. The number of pyridine rings is 1. The minimum Gasteiger partial charge on any atom is -0.332 e. The first-order valence-electron chi connectivity index (χ1n) is 4.78. The molecule has 2 aromatic rings. The van der Waals surface area contributed by atoms with E-state index in [9.17, 15) is 0 Å². The van der Waals surface area contributed by atoms with Gasteiger partial charge in [-0.2, -0.15) is 0 Å². The molecule has 74 valence electrons. The van der Waals surface area contributed by atoms with E-state index in [2.05, 4.69) is 57.7 Å². The molecule has 0 aliphatic carbocycles. The van der Waals surface area contributed by atoms with Crippen molar-refractivity contribution < 1.29 is 0 Å². The fourth-order valence-electron chi connectivity index (χ4n) is 1.58. The molecule has 0 aliphatic heterocycles. The van der Waals surface area contributed by atoms with Crippen molar-refractivity contribution in [2.75, 3.05) is 0 Å². The maximum absolute atomic E-state index is 4.47. The van der Waals surface area contributed by atoms with Crippen LogP contribution in [0.2, 0.25) is 0 Å². The van der Waals surface area contributed by atoms with Crippen LogP contribution in [-0.2, 0) is 6.54 Å². The van der Waals surface area contributed by atoms with Crippen molar-refractivity contribution in [1.82, 2.24) is 9.55 Å². The maximum atomic E-state index is 4.47. The summed E-state index contributed by atoms with van der Waals surface area (Å²) < 4.78 is 3.10. The zero-order valence-corrected chi connectivity index (χ0v) is 9.95. The van der Waals surface area contributed by atoms with Crippen LogP contribution in [0.25, 0.3) is 11.0 Å². The lowest BCUT2D eigenvalue weighted by Crippen LogP contribution is -2.03. The Kier molecular flexibility index (Phi) is 2.59. The number of fused-ring (bicyclic) bond motifs is 1. The van der Waals surface area contributed by atoms with Gasteiger partial charge in [-0.25, -0.2) is 4.98 Å². The molecule has 0 N–H and O–H groups in total. The van der Waals surface area contributed by atoms with Crippen LogP contribution in [0.5, 0.6) is 0 Å². The van der Waals surface area contributed by atoms with E-state index in [4.69, 9.17) is 0 Å². The highest BCUT2D eigenvalue weighted by atomic mass is 79.9. The second-order valence-corrected chi connectivity index (χ2v) is 4.72. The monoisotopic (exact) mass is 252 g/mol. The normalized spacial score (nSPS) is 11.4. The minimum absolute atomic E-state index is 0.645. The van der Waals surface area contributed by atoms with Crippen molar-refractivity contribution in [2.45, 2.75) is 20.4 Å². The molecule has 3 heteroatoms. The topological polar surface area (TPSA) is 17.8 Å². The summed E-state index contributed by atoms with van der Waals surface area (Å²) >= 11 is 3.39. The van der Waals surface area contributed by atoms with Gasteiger partial charge in [-0.15, -0.1) is 0 Å². The number of rotatable bonds is 2. The molecule has 14 heavy (non-hydrogen) atoms. The van der Waals surface area contributed by atoms with Gasteiger partial charge < -0.3 is 4.57 Å². The van der Waals surface area contributed by atoms with Crippen LogP contribution < -0.4 is 0 Å². The molecule has 0 unspecified atom stereocenters. The summed E-state index contributed by atoms with van der Waals surface area (Å²) in [4.78, 5) is 4.47. The van der Waals surface area contributed by atoms with Gasteiger partial charge in [0.25, 0.3) is 0 Å². The second kappa shape index (κ2) is 3.73. The Morgan fingerprint density at radius 1 is 1.36 bits per heavy atom. The van der Waals surface area contributed by atoms with Crippen molar-refractivity contribution in [1.29, 1.82) is 0 Å². The number of aromatic nitrogens is 2. The predicted molar refractivity (Wildman–Crippen MR) is 62.3 cm³/mol. The van der Waals surface area contributed by atoms with Crippen LogP contribution in [0, 0.1) is 5.92 Å². The highest BCUT2D eigenvalue weighted by Gasteiger charge is 2.04. The lowest BCUT2D eigenvalue weighted by Gasteiger charge is -2.07. The third-order valence-corrected chi connectivity index (χ3v) is 2.58. The number of hydrogen-bond acceptors (Lipinski definition) is 1. The first kappa shape index (κ1) is 9.71. The summed E-state index contributed by atoms with van der Waals surface area (Å²) in [6, 6.07) is 6.17. The van der Waals surface area contributed by atoms with Gasteiger partial charge in [0, 0.05) is 18.1 Å². The van der Waals surface area contributed by atoms with Crippen LogP contribution in [0.1, 0.15) is 13.8 Å². The SMILES string of the molecule is CC(C)Cn1ccc2ccc(Br)nc21. The van der Waals surface area contributed by atoms with Gasteiger partial charge in [0.2, 0.25) is 0 Å². The molecular formula is C11H13BrN2. The van der Waals surface area contributed by atoms with Gasteiger partial charge in [-0.05, 0) is 40.0 Å². The quantitative estimate of drug-likeness (QED) is 0.749. The Labute approximate surface area is 92.1 Å². The summed E-state index contributed by atoms with van der Waals surface area (Å²) in [7, 11) is 0. The molecule has 0 aromatic carbocycles. The van der Waals surface area contributed by atoms with Gasteiger partial charge in [0.05, 0.1) is 0 Å². The summed E-state index contributed by atoms with van der Waals surface area (Å²) in [5.74, 6) is 0.645. The lowest BCUT2D eigenvalue weighted by molar-refractivity contribution is 0.533. The average Bonchev–Trinajstić information content (AvgIpc) is 2.47. The van der Waals surface area contributed by atoms with E-state index in [0.29, 0.717) is 5.92 Å². The molecule has 0 amide bonds. The summed E-state index contributed by atoms with van der Waals surface area (Å²) in [5, 5.41) is 1.20. The lowest BCUT2D eigenvalue weighted by atomic mass is 10.2. The standard InChI is InChI=1S/C11H13BrN2/c1-8(2)7-14-6-5-9-3-4-10(12)13-11(9)14/h3-6,8H,7H2,1-2H3. The predicted octanol–water partition coefficient (Wildman–Crippen LogP) is 3.45. The molecule has 0 atom stereocenters. The van der Waals surface area contributed by atoms with E-state index in [0.717, 1.165) is 16.8 Å². The summed E-state index contributed by atoms with van der Waals surface area (Å²) in [5.41, 5.74) is 1.06. The third kappa shape index (κ3) is 1.82. The summed E-state index contributed by atoms with van der Waals surface area (Å²) in [6.45, 7) is 5.45. The molecule has 0 saturated heterocycles. The van der Waals surface area contributed by atoms with E-state index < -0.39 is 0 Å². The number of halogens is 1. The van der Waals surface area contributed by atoms with E-state index in [-0.39, 0.29) is 0 Å². The van der Waals surface area contributed by atoms with E-state index >= 15 is 0 Å². The van der Waals surface area contributed by atoms with Gasteiger partial charge in [-0.3, -0.25) is 0 Å². The fraction of sp³-hybridized carbons (Fsp3) is 0.364. The Morgan fingerprint density at radius 2 is 2.14 bits per heavy atom. The Hall–Kier alpha value is -0.830. The molecule has 2 nitrogen and oxygen atoms in total. The van der Waals surface area contributed by atoms with Crippen molar-refractivity contribution >= 4 is 27.0 Å². The average molecular weight is 253 g/mol. The van der Waals surface area contributed by atoms with Crippen molar-refractivity contribution in [2.24, 2.45) is 5.92 Å². The Balaban J connectivity index is 2.50. The van der Waals surface area contributed by atoms with Crippen molar-refractivity contribution in [3.8, 4) is 0 Å². The zero-order chi connectivity index (χ0) is 10.1. The third-order valence-electron chi connectivity index (χ3n) is 2.14. The van der Waals surface area contributed by atoms with E-state index in [1.165, 1.54) is 5.39 Å².